The largest absolute Gasteiger partial charge is 0.330 e. The Morgan fingerprint density at radius 1 is 1.40 bits per heavy atom. The minimum absolute atomic E-state index is 0.605. The average Bonchev–Trinajstić information content (AvgIpc) is 2.63. The number of hydrogen-bond acceptors (Lipinski definition) is 4. The molecule has 0 saturated carbocycles. The second kappa shape index (κ2) is 4.18. The molecule has 0 aliphatic carbocycles. The monoisotopic (exact) mass is 203 g/mol. The summed E-state index contributed by atoms with van der Waals surface area (Å²) in [6.07, 6.45) is 5.81. The van der Waals surface area contributed by atoms with Gasteiger partial charge in [-0.15, -0.1) is 0 Å². The summed E-state index contributed by atoms with van der Waals surface area (Å²) in [5.74, 6) is 0. The molecule has 0 bridgehead atoms. The van der Waals surface area contributed by atoms with Crippen molar-refractivity contribution in [2.45, 2.75) is 13.3 Å². The molecular formula is C10H13N5. The van der Waals surface area contributed by atoms with Crippen molar-refractivity contribution < 1.29 is 0 Å². The van der Waals surface area contributed by atoms with Crippen molar-refractivity contribution in [1.29, 1.82) is 0 Å². The summed E-state index contributed by atoms with van der Waals surface area (Å²) < 4.78 is 0. The molecule has 0 saturated heterocycles. The number of aromatic nitrogens is 4. The minimum Gasteiger partial charge on any atom is -0.330 e. The van der Waals surface area contributed by atoms with Crippen LogP contribution in [-0.4, -0.2) is 26.7 Å². The first kappa shape index (κ1) is 9.79. The van der Waals surface area contributed by atoms with Crippen molar-refractivity contribution in [1.82, 2.24) is 20.2 Å². The fourth-order valence-corrected chi connectivity index (χ4v) is 1.54. The predicted octanol–water partition coefficient (Wildman–Crippen LogP) is 0.676. The molecule has 0 unspecified atom stereocenters. The highest BCUT2D eigenvalue weighted by atomic mass is 15.1. The predicted molar refractivity (Wildman–Crippen MR) is 57.1 cm³/mol. The van der Waals surface area contributed by atoms with Gasteiger partial charge < -0.3 is 5.73 Å². The Balaban J connectivity index is 2.44. The maximum Gasteiger partial charge on any atom is 0.116 e. The Kier molecular flexibility index (Phi) is 2.73. The third-order valence-corrected chi connectivity index (χ3v) is 2.27. The van der Waals surface area contributed by atoms with Gasteiger partial charge in [0.2, 0.25) is 0 Å². The second-order valence-electron chi connectivity index (χ2n) is 3.31. The lowest BCUT2D eigenvalue weighted by molar-refractivity contribution is 0.956. The van der Waals surface area contributed by atoms with Crippen molar-refractivity contribution in [2.75, 3.05) is 6.54 Å². The Morgan fingerprint density at radius 3 is 2.93 bits per heavy atom. The molecule has 2 rings (SSSR count). The number of aryl methyl sites for hydroxylation is 1. The van der Waals surface area contributed by atoms with Gasteiger partial charge in [-0.2, -0.15) is 5.10 Å². The van der Waals surface area contributed by atoms with E-state index in [1.165, 1.54) is 0 Å². The summed E-state index contributed by atoms with van der Waals surface area (Å²) >= 11 is 0. The fourth-order valence-electron chi connectivity index (χ4n) is 1.54. The molecule has 0 aliphatic rings. The zero-order valence-corrected chi connectivity index (χ0v) is 8.57. The summed E-state index contributed by atoms with van der Waals surface area (Å²) in [6, 6.07) is 0. The SMILES string of the molecule is Cc1[nH]nc(-c2cnccn2)c1CCN. The summed E-state index contributed by atoms with van der Waals surface area (Å²) in [5, 5.41) is 7.17. The highest BCUT2D eigenvalue weighted by molar-refractivity contribution is 5.58. The fraction of sp³-hybridized carbons (Fsp3) is 0.300. The van der Waals surface area contributed by atoms with Crippen LogP contribution in [0.4, 0.5) is 0 Å². The van der Waals surface area contributed by atoms with Crippen LogP contribution in [0.3, 0.4) is 0 Å². The molecule has 78 valence electrons. The highest BCUT2D eigenvalue weighted by Crippen LogP contribution is 2.20. The van der Waals surface area contributed by atoms with Crippen LogP contribution in [0.5, 0.6) is 0 Å². The van der Waals surface area contributed by atoms with Gasteiger partial charge in [0.05, 0.1) is 6.20 Å². The molecule has 2 aromatic heterocycles. The average molecular weight is 203 g/mol. The molecule has 0 spiro atoms. The van der Waals surface area contributed by atoms with E-state index >= 15 is 0 Å². The van der Waals surface area contributed by atoms with Crippen LogP contribution in [0.2, 0.25) is 0 Å². The lowest BCUT2D eigenvalue weighted by atomic mass is 10.1. The van der Waals surface area contributed by atoms with Gasteiger partial charge in [-0.05, 0) is 19.9 Å². The maximum atomic E-state index is 5.56. The molecule has 2 aromatic rings. The first-order chi connectivity index (χ1) is 7.33. The van der Waals surface area contributed by atoms with E-state index in [0.29, 0.717) is 6.54 Å². The summed E-state index contributed by atoms with van der Waals surface area (Å²) in [7, 11) is 0. The number of nitrogens with one attached hydrogen (secondary N) is 1. The van der Waals surface area contributed by atoms with Crippen LogP contribution in [0.25, 0.3) is 11.4 Å². The molecule has 2 heterocycles. The van der Waals surface area contributed by atoms with Gasteiger partial charge in [0, 0.05) is 23.7 Å². The third kappa shape index (κ3) is 1.87. The Hall–Kier alpha value is -1.75. The van der Waals surface area contributed by atoms with Crippen molar-refractivity contribution in [3.8, 4) is 11.4 Å². The van der Waals surface area contributed by atoms with Gasteiger partial charge >= 0.3 is 0 Å². The zero-order chi connectivity index (χ0) is 10.7. The molecule has 0 radical (unpaired) electrons. The number of aromatic amines is 1. The standard InChI is InChI=1S/C10H13N5/c1-7-8(2-3-11)10(15-14-7)9-6-12-4-5-13-9/h4-6H,2-3,11H2,1H3,(H,14,15). The number of nitrogens with zero attached hydrogens (tertiary/aromatic N) is 3. The summed E-state index contributed by atoms with van der Waals surface area (Å²) in [6.45, 7) is 2.59. The molecule has 0 aliphatic heterocycles. The lowest BCUT2D eigenvalue weighted by Crippen LogP contribution is -2.04. The first-order valence-electron chi connectivity index (χ1n) is 4.83. The van der Waals surface area contributed by atoms with Gasteiger partial charge in [0.15, 0.2) is 0 Å². The summed E-state index contributed by atoms with van der Waals surface area (Å²) in [4.78, 5) is 8.24. The van der Waals surface area contributed by atoms with Gasteiger partial charge in [-0.25, -0.2) is 0 Å². The first-order valence-corrected chi connectivity index (χ1v) is 4.83. The van der Waals surface area contributed by atoms with E-state index < -0.39 is 0 Å². The van der Waals surface area contributed by atoms with E-state index in [-0.39, 0.29) is 0 Å². The van der Waals surface area contributed by atoms with E-state index in [1.54, 1.807) is 18.6 Å². The molecule has 5 nitrogen and oxygen atoms in total. The van der Waals surface area contributed by atoms with Crippen LogP contribution in [0.15, 0.2) is 18.6 Å². The number of rotatable bonds is 3. The molecule has 0 aromatic carbocycles. The van der Waals surface area contributed by atoms with Crippen molar-refractivity contribution >= 4 is 0 Å². The van der Waals surface area contributed by atoms with Crippen LogP contribution in [0, 0.1) is 6.92 Å². The van der Waals surface area contributed by atoms with Crippen molar-refractivity contribution in [3.05, 3.63) is 29.8 Å². The zero-order valence-electron chi connectivity index (χ0n) is 8.57. The van der Waals surface area contributed by atoms with E-state index in [2.05, 4.69) is 20.2 Å². The Bertz CT molecular complexity index is 434. The maximum absolute atomic E-state index is 5.56. The van der Waals surface area contributed by atoms with Crippen molar-refractivity contribution in [3.63, 3.8) is 0 Å². The Morgan fingerprint density at radius 2 is 2.27 bits per heavy atom. The van der Waals surface area contributed by atoms with E-state index in [1.807, 2.05) is 6.92 Å². The normalized spacial score (nSPS) is 10.5. The van der Waals surface area contributed by atoms with E-state index in [4.69, 9.17) is 5.73 Å². The number of hydrogen-bond donors (Lipinski definition) is 2. The summed E-state index contributed by atoms with van der Waals surface area (Å²) in [5.41, 5.74) is 9.36. The second-order valence-corrected chi connectivity index (χ2v) is 3.31. The number of H-pyrrole nitrogens is 1. The van der Waals surface area contributed by atoms with Gasteiger partial charge in [0.1, 0.15) is 11.4 Å². The van der Waals surface area contributed by atoms with Crippen LogP contribution in [-0.2, 0) is 6.42 Å². The van der Waals surface area contributed by atoms with Gasteiger partial charge in [-0.3, -0.25) is 15.1 Å². The van der Waals surface area contributed by atoms with Gasteiger partial charge in [-0.1, -0.05) is 0 Å². The van der Waals surface area contributed by atoms with Crippen LogP contribution in [0.1, 0.15) is 11.3 Å². The molecule has 0 fully saturated rings. The lowest BCUT2D eigenvalue weighted by Gasteiger charge is -2.00. The Labute approximate surface area is 87.8 Å². The topological polar surface area (TPSA) is 80.5 Å². The molecule has 5 heteroatoms. The van der Waals surface area contributed by atoms with Gasteiger partial charge in [0.25, 0.3) is 0 Å². The molecular weight excluding hydrogens is 190 g/mol. The third-order valence-electron chi connectivity index (χ3n) is 2.27. The van der Waals surface area contributed by atoms with E-state index in [9.17, 15) is 0 Å². The highest BCUT2D eigenvalue weighted by Gasteiger charge is 2.12. The molecule has 0 atom stereocenters. The van der Waals surface area contributed by atoms with Crippen LogP contribution < -0.4 is 5.73 Å². The molecule has 15 heavy (non-hydrogen) atoms. The van der Waals surface area contributed by atoms with Crippen LogP contribution >= 0.6 is 0 Å². The minimum atomic E-state index is 0.605. The quantitative estimate of drug-likeness (QED) is 0.768. The van der Waals surface area contributed by atoms with Crippen molar-refractivity contribution in [2.24, 2.45) is 5.73 Å². The van der Waals surface area contributed by atoms with E-state index in [0.717, 1.165) is 29.1 Å². The smallest absolute Gasteiger partial charge is 0.116 e. The molecule has 3 N–H and O–H groups in total. The molecule has 0 amide bonds. The number of nitrogens with two attached hydrogens (primary N) is 1.